The van der Waals surface area contributed by atoms with Crippen LogP contribution in [0.4, 0.5) is 0 Å². The molecule has 1 aliphatic rings. The molecule has 1 aliphatic carbocycles. The van der Waals surface area contributed by atoms with Crippen LogP contribution in [0.3, 0.4) is 0 Å². The first-order chi connectivity index (χ1) is 11.9. The minimum atomic E-state index is -1.02. The SMILES string of the molecule is COC(=O)c1ccc(C(=O)O)cc1-n1c(C)ccc1C1CCC[C@H]1C. The van der Waals surface area contributed by atoms with E-state index in [2.05, 4.69) is 13.0 Å². The summed E-state index contributed by atoms with van der Waals surface area (Å²) in [5, 5.41) is 9.36. The summed E-state index contributed by atoms with van der Waals surface area (Å²) >= 11 is 0. The van der Waals surface area contributed by atoms with Crippen molar-refractivity contribution in [2.75, 3.05) is 7.11 Å². The Labute approximate surface area is 147 Å². The summed E-state index contributed by atoms with van der Waals surface area (Å²) in [7, 11) is 1.33. The Hall–Kier alpha value is -2.56. The van der Waals surface area contributed by atoms with E-state index in [0.717, 1.165) is 17.8 Å². The van der Waals surface area contributed by atoms with E-state index in [9.17, 15) is 14.7 Å². The molecule has 1 unspecified atom stereocenters. The molecule has 0 bridgehead atoms. The monoisotopic (exact) mass is 341 g/mol. The van der Waals surface area contributed by atoms with Crippen molar-refractivity contribution in [3.8, 4) is 5.69 Å². The average Bonchev–Trinajstić information content (AvgIpc) is 3.18. The number of benzene rings is 1. The Kier molecular flexibility index (Phi) is 4.66. The van der Waals surface area contributed by atoms with Crippen molar-refractivity contribution in [3.05, 3.63) is 52.8 Å². The van der Waals surface area contributed by atoms with Gasteiger partial charge in [0.05, 0.1) is 23.9 Å². The van der Waals surface area contributed by atoms with Crippen molar-refractivity contribution in [2.45, 2.75) is 39.0 Å². The Morgan fingerprint density at radius 1 is 1.20 bits per heavy atom. The first-order valence-corrected chi connectivity index (χ1v) is 8.58. The van der Waals surface area contributed by atoms with Crippen LogP contribution in [0, 0.1) is 12.8 Å². The Balaban J connectivity index is 2.21. The highest BCUT2D eigenvalue weighted by Gasteiger charge is 2.29. The molecule has 1 aromatic carbocycles. The number of esters is 1. The first-order valence-electron chi connectivity index (χ1n) is 8.58. The first kappa shape index (κ1) is 17.3. The number of aromatic carboxylic acids is 1. The zero-order valence-corrected chi connectivity index (χ0v) is 14.8. The number of rotatable bonds is 4. The molecule has 1 N–H and O–H groups in total. The van der Waals surface area contributed by atoms with Gasteiger partial charge in [0.15, 0.2) is 0 Å². The van der Waals surface area contributed by atoms with E-state index < -0.39 is 11.9 Å². The zero-order valence-electron chi connectivity index (χ0n) is 14.8. The van der Waals surface area contributed by atoms with Crippen LogP contribution in [0.15, 0.2) is 30.3 Å². The Morgan fingerprint density at radius 3 is 2.56 bits per heavy atom. The number of carbonyl (C=O) groups excluding carboxylic acids is 1. The van der Waals surface area contributed by atoms with E-state index in [-0.39, 0.29) is 5.56 Å². The molecule has 132 valence electrons. The van der Waals surface area contributed by atoms with Gasteiger partial charge in [-0.2, -0.15) is 0 Å². The highest BCUT2D eigenvalue weighted by molar-refractivity contribution is 5.96. The number of carboxylic acid groups (broad SMARTS) is 1. The van der Waals surface area contributed by atoms with Crippen LogP contribution in [0.2, 0.25) is 0 Å². The number of methoxy groups -OCH3 is 1. The van der Waals surface area contributed by atoms with E-state index in [0.29, 0.717) is 23.1 Å². The van der Waals surface area contributed by atoms with Crippen molar-refractivity contribution in [3.63, 3.8) is 0 Å². The Bertz CT molecular complexity index is 821. The van der Waals surface area contributed by atoms with Gasteiger partial charge < -0.3 is 14.4 Å². The van der Waals surface area contributed by atoms with Gasteiger partial charge in [0, 0.05) is 17.3 Å². The summed E-state index contributed by atoms with van der Waals surface area (Å²) < 4.78 is 6.92. The number of hydrogen-bond donors (Lipinski definition) is 1. The molecule has 3 rings (SSSR count). The minimum absolute atomic E-state index is 0.154. The third-order valence-corrected chi connectivity index (χ3v) is 5.24. The van der Waals surface area contributed by atoms with Gasteiger partial charge in [-0.1, -0.05) is 19.8 Å². The maximum Gasteiger partial charge on any atom is 0.339 e. The van der Waals surface area contributed by atoms with Crippen LogP contribution in [0.5, 0.6) is 0 Å². The third-order valence-electron chi connectivity index (χ3n) is 5.24. The molecular weight excluding hydrogens is 318 g/mol. The van der Waals surface area contributed by atoms with Gasteiger partial charge in [-0.05, 0) is 49.6 Å². The molecule has 25 heavy (non-hydrogen) atoms. The summed E-state index contributed by atoms with van der Waals surface area (Å²) in [5.74, 6) is -0.506. The second kappa shape index (κ2) is 6.75. The van der Waals surface area contributed by atoms with E-state index in [4.69, 9.17) is 4.74 Å². The molecule has 2 aromatic rings. The molecule has 1 saturated carbocycles. The number of nitrogens with zero attached hydrogens (tertiary/aromatic N) is 1. The number of aromatic nitrogens is 1. The minimum Gasteiger partial charge on any atom is -0.478 e. The van der Waals surface area contributed by atoms with Gasteiger partial charge in [0.2, 0.25) is 0 Å². The van der Waals surface area contributed by atoms with Gasteiger partial charge in [-0.15, -0.1) is 0 Å². The highest BCUT2D eigenvalue weighted by Crippen LogP contribution is 2.41. The van der Waals surface area contributed by atoms with E-state index in [1.807, 2.05) is 17.6 Å². The maximum absolute atomic E-state index is 12.2. The lowest BCUT2D eigenvalue weighted by atomic mass is 9.94. The van der Waals surface area contributed by atoms with Crippen LogP contribution in [-0.2, 0) is 4.74 Å². The van der Waals surface area contributed by atoms with Gasteiger partial charge in [0.25, 0.3) is 0 Å². The maximum atomic E-state index is 12.2. The van der Waals surface area contributed by atoms with E-state index >= 15 is 0 Å². The molecule has 1 aromatic heterocycles. The Morgan fingerprint density at radius 2 is 1.96 bits per heavy atom. The lowest BCUT2D eigenvalue weighted by Gasteiger charge is -2.21. The number of carbonyl (C=O) groups is 2. The smallest absolute Gasteiger partial charge is 0.339 e. The van der Waals surface area contributed by atoms with Crippen LogP contribution in [-0.4, -0.2) is 28.7 Å². The van der Waals surface area contributed by atoms with Crippen molar-refractivity contribution in [1.82, 2.24) is 4.57 Å². The quantitative estimate of drug-likeness (QED) is 0.847. The summed E-state index contributed by atoms with van der Waals surface area (Å²) in [6, 6.07) is 8.65. The topological polar surface area (TPSA) is 68.5 Å². The molecule has 2 atom stereocenters. The standard InChI is InChI=1S/C20H23NO4/c1-12-5-4-6-15(12)17-10-7-13(2)21(17)18-11-14(19(22)23)8-9-16(18)20(24)25-3/h7-12,15H,4-6H2,1-3H3,(H,22,23)/t12-,15?/m1/s1. The second-order valence-corrected chi connectivity index (χ2v) is 6.78. The van der Waals surface area contributed by atoms with E-state index in [1.165, 1.54) is 32.1 Å². The summed E-state index contributed by atoms with van der Waals surface area (Å²) in [6.45, 7) is 4.22. The molecule has 0 spiro atoms. The van der Waals surface area contributed by atoms with Gasteiger partial charge in [-0.3, -0.25) is 0 Å². The van der Waals surface area contributed by atoms with Gasteiger partial charge in [-0.25, -0.2) is 9.59 Å². The van der Waals surface area contributed by atoms with Gasteiger partial charge >= 0.3 is 11.9 Å². The molecule has 0 amide bonds. The molecule has 5 nitrogen and oxygen atoms in total. The summed E-state index contributed by atoms with van der Waals surface area (Å²) in [4.78, 5) is 23.7. The number of carboxylic acids is 1. The fourth-order valence-electron chi connectivity index (χ4n) is 3.89. The predicted octanol–water partition coefficient (Wildman–Crippen LogP) is 4.17. The molecular formula is C20H23NO4. The second-order valence-electron chi connectivity index (χ2n) is 6.78. The number of ether oxygens (including phenoxy) is 1. The van der Waals surface area contributed by atoms with Crippen molar-refractivity contribution in [1.29, 1.82) is 0 Å². The predicted molar refractivity (Wildman–Crippen MR) is 94.6 cm³/mol. The van der Waals surface area contributed by atoms with Crippen molar-refractivity contribution >= 4 is 11.9 Å². The molecule has 5 heteroatoms. The summed E-state index contributed by atoms with van der Waals surface area (Å²) in [6.07, 6.45) is 3.49. The molecule has 0 radical (unpaired) electrons. The van der Waals surface area contributed by atoms with Crippen molar-refractivity contribution in [2.24, 2.45) is 5.92 Å². The zero-order chi connectivity index (χ0) is 18.1. The third kappa shape index (κ3) is 3.06. The fourth-order valence-corrected chi connectivity index (χ4v) is 3.89. The molecule has 1 heterocycles. The average molecular weight is 341 g/mol. The van der Waals surface area contributed by atoms with Gasteiger partial charge in [0.1, 0.15) is 0 Å². The normalized spacial score (nSPS) is 19.8. The lowest BCUT2D eigenvalue weighted by Crippen LogP contribution is -2.15. The van der Waals surface area contributed by atoms with Crippen LogP contribution < -0.4 is 0 Å². The van der Waals surface area contributed by atoms with E-state index in [1.54, 1.807) is 6.07 Å². The summed E-state index contributed by atoms with van der Waals surface area (Å²) in [5.41, 5.74) is 3.21. The number of aryl methyl sites for hydroxylation is 1. The highest BCUT2D eigenvalue weighted by atomic mass is 16.5. The van der Waals surface area contributed by atoms with Crippen molar-refractivity contribution < 1.29 is 19.4 Å². The lowest BCUT2D eigenvalue weighted by molar-refractivity contribution is 0.0598. The van der Waals surface area contributed by atoms with Crippen LogP contribution in [0.25, 0.3) is 5.69 Å². The molecule has 1 fully saturated rings. The molecule has 0 aliphatic heterocycles. The largest absolute Gasteiger partial charge is 0.478 e. The number of hydrogen-bond acceptors (Lipinski definition) is 3. The fraction of sp³-hybridized carbons (Fsp3) is 0.400. The van der Waals surface area contributed by atoms with Crippen LogP contribution >= 0.6 is 0 Å². The van der Waals surface area contributed by atoms with Crippen LogP contribution in [0.1, 0.15) is 64.2 Å². The molecule has 0 saturated heterocycles.